The van der Waals surface area contributed by atoms with Gasteiger partial charge in [0.1, 0.15) is 24.0 Å². The van der Waals surface area contributed by atoms with Gasteiger partial charge in [-0.05, 0) is 12.1 Å². The van der Waals surface area contributed by atoms with Crippen molar-refractivity contribution in [3.8, 4) is 36.2 Å². The Bertz CT molecular complexity index is 2740. The van der Waals surface area contributed by atoms with Gasteiger partial charge in [-0.15, -0.1) is 12.8 Å². The number of aliphatic hydroxyl groups excluding tert-OH is 2. The summed E-state index contributed by atoms with van der Waals surface area (Å²) in [5, 5.41) is 46.2. The summed E-state index contributed by atoms with van der Waals surface area (Å²) in [4.78, 5) is 58.2. The van der Waals surface area contributed by atoms with Crippen molar-refractivity contribution < 1.29 is 52.6 Å². The first-order chi connectivity index (χ1) is 29.5. The van der Waals surface area contributed by atoms with E-state index in [4.69, 9.17) is 43.3 Å². The van der Waals surface area contributed by atoms with Gasteiger partial charge in [0.15, 0.2) is 45.2 Å². The molecule has 0 bridgehead atoms. The highest BCUT2D eigenvalue weighted by Crippen LogP contribution is 2.44. The molecule has 23 nitrogen and oxygen atoms in total. The van der Waals surface area contributed by atoms with Gasteiger partial charge >= 0.3 is 18.3 Å². The number of hydrogen-bond donors (Lipinski definition) is 4. The number of anilines is 2. The van der Waals surface area contributed by atoms with Crippen LogP contribution in [0.5, 0.6) is 11.5 Å². The van der Waals surface area contributed by atoms with Crippen molar-refractivity contribution in [3.05, 3.63) is 92.6 Å². The third-order valence-corrected chi connectivity index (χ3v) is 10.4. The first-order valence-corrected chi connectivity index (χ1v) is 18.0. The number of carbonyl (C=O) groups is 1. The number of nitrogen functional groups attached to an aromatic ring is 2. The van der Waals surface area contributed by atoms with Gasteiger partial charge in [-0.25, -0.2) is 14.8 Å². The largest absolute Gasteiger partial charge is 0.519 e. The number of hydrogen-bond acceptors (Lipinski definition) is 19. The summed E-state index contributed by atoms with van der Waals surface area (Å²) < 4.78 is 54.1. The molecule has 316 valence electrons. The number of nitrogens with two attached hydrogens (primary N) is 2. The lowest BCUT2D eigenvalue weighted by atomic mass is 9.89. The molecule has 2 aliphatic heterocycles. The van der Waals surface area contributed by atoms with E-state index >= 15 is 0 Å². The Morgan fingerprint density at radius 3 is 1.56 bits per heavy atom. The number of aliphatic hydroxyl groups is 2. The summed E-state index contributed by atoms with van der Waals surface area (Å²) in [6.07, 6.45) is 3.98. The van der Waals surface area contributed by atoms with Crippen molar-refractivity contribution >= 4 is 51.5 Å². The molecule has 2 aliphatic rings. The van der Waals surface area contributed by atoms with Crippen molar-refractivity contribution in [1.29, 1.82) is 0 Å². The fourth-order valence-electron chi connectivity index (χ4n) is 7.37. The van der Waals surface area contributed by atoms with Crippen LogP contribution in [-0.2, 0) is 22.3 Å². The second kappa shape index (κ2) is 15.2. The molecule has 0 saturated carbocycles. The quantitative estimate of drug-likeness (QED) is 0.0384. The Morgan fingerprint density at radius 1 is 0.790 bits per heavy atom. The van der Waals surface area contributed by atoms with E-state index in [-0.39, 0.29) is 69.4 Å². The highest BCUT2D eigenvalue weighted by Gasteiger charge is 2.50. The van der Waals surface area contributed by atoms with Crippen LogP contribution >= 0.6 is 0 Å². The number of non-ortho nitro benzene ring substituents is 2. The van der Waals surface area contributed by atoms with Crippen molar-refractivity contribution in [2.24, 2.45) is 0 Å². The highest BCUT2D eigenvalue weighted by atomic mass is 19.1. The molecule has 0 radical (unpaired) electrons. The van der Waals surface area contributed by atoms with E-state index in [0.29, 0.717) is 0 Å². The number of halogens is 2. The number of fused-ring (bicyclic) bond motifs is 2. The van der Waals surface area contributed by atoms with E-state index in [1.165, 1.54) is 21.8 Å². The van der Waals surface area contributed by atoms with Gasteiger partial charge in [0.05, 0.1) is 34.7 Å². The summed E-state index contributed by atoms with van der Waals surface area (Å²) in [6, 6.07) is 6.23. The average Bonchev–Trinajstić information content (AvgIpc) is 4.00. The standard InChI is InChI=1S/C37H28F2N12O11/c1-3-36(23(52)11-25(61-36)48-15-42-27-29(40)44-33(38)46-31(27)48)13-17-9-19(50(55)56)5-7-21(17)59-35(54)60-22-8-6-20(51(57)58)10-18(22)14-37(4-2)24(53)12-26(62-37)49-16-43-28-30(41)45-34(39)47-32(28)49/h1-2,5-10,15-16,23-26,52-53H,11-14H2,(H2,40,44,46)(H2,41,45,47)/t23-,24-,25+,26+,36-,37-/m0/s1. The van der Waals surface area contributed by atoms with Crippen LogP contribution in [-0.4, -0.2) is 88.7 Å². The van der Waals surface area contributed by atoms with Crippen LogP contribution in [0.1, 0.15) is 36.4 Å². The smallest absolute Gasteiger partial charge is 0.394 e. The first-order valence-electron chi connectivity index (χ1n) is 18.0. The number of nitro benzene ring substituents is 2. The Kier molecular flexibility index (Phi) is 10.0. The van der Waals surface area contributed by atoms with Gasteiger partial charge in [0.25, 0.3) is 11.4 Å². The lowest BCUT2D eigenvalue weighted by Crippen LogP contribution is -2.40. The molecule has 2 saturated heterocycles. The molecule has 8 rings (SSSR count). The Balaban J connectivity index is 1.06. The van der Waals surface area contributed by atoms with Crippen LogP contribution in [0.3, 0.4) is 0 Å². The predicted octanol–water partition coefficient (Wildman–Crippen LogP) is 2.59. The van der Waals surface area contributed by atoms with Crippen molar-refractivity contribution in [3.63, 3.8) is 0 Å². The maximum absolute atomic E-state index is 14.1. The molecule has 6 atom stereocenters. The summed E-state index contributed by atoms with van der Waals surface area (Å²) >= 11 is 0. The number of carbonyl (C=O) groups excluding carboxylic acids is 1. The molecule has 0 spiro atoms. The number of nitro groups is 2. The lowest BCUT2D eigenvalue weighted by molar-refractivity contribution is -0.385. The first kappa shape index (κ1) is 40.8. The second-order valence-corrected chi connectivity index (χ2v) is 14.0. The maximum Gasteiger partial charge on any atom is 0.519 e. The van der Waals surface area contributed by atoms with Crippen LogP contribution in [0.25, 0.3) is 22.3 Å². The molecular weight excluding hydrogens is 826 g/mol. The molecule has 6 aromatic rings. The van der Waals surface area contributed by atoms with Gasteiger partial charge in [-0.2, -0.15) is 28.7 Å². The number of rotatable bonds is 10. The van der Waals surface area contributed by atoms with Crippen LogP contribution in [0.2, 0.25) is 0 Å². The monoisotopic (exact) mass is 854 g/mol. The van der Waals surface area contributed by atoms with Crippen LogP contribution in [0.4, 0.5) is 36.6 Å². The maximum atomic E-state index is 14.1. The van der Waals surface area contributed by atoms with E-state index in [0.717, 1.165) is 36.4 Å². The Hall–Kier alpha value is -7.97. The fourth-order valence-corrected chi connectivity index (χ4v) is 7.37. The van der Waals surface area contributed by atoms with Crippen molar-refractivity contribution in [2.75, 3.05) is 11.5 Å². The molecule has 0 unspecified atom stereocenters. The van der Waals surface area contributed by atoms with Gasteiger partial charge in [-0.3, -0.25) is 29.4 Å². The molecule has 2 fully saturated rings. The molecular formula is C37H28F2N12O11. The zero-order chi connectivity index (χ0) is 44.2. The van der Waals surface area contributed by atoms with E-state index < -0.39 is 88.2 Å². The normalized spacial score (nSPS) is 23.3. The minimum atomic E-state index is -1.93. The van der Waals surface area contributed by atoms with E-state index in [2.05, 4.69) is 41.7 Å². The Morgan fingerprint density at radius 2 is 1.19 bits per heavy atom. The SMILES string of the molecule is C#C[C@@]1(Cc2cc([N+](=O)[O-])ccc2OC(=O)Oc2ccc([N+](=O)[O-])cc2C[C@]2(C#C)O[C@@H](n3cnc4c(N)nc(F)nc43)C[C@@H]2O)O[C@@H](n2cnc3c(N)nc(F)nc32)C[C@@H]1O. The molecule has 4 aromatic heterocycles. The van der Waals surface area contributed by atoms with E-state index in [1.807, 2.05) is 0 Å². The minimum Gasteiger partial charge on any atom is -0.394 e. The van der Waals surface area contributed by atoms with Crippen LogP contribution in [0, 0.1) is 57.1 Å². The minimum absolute atomic E-state index is 0.0416. The lowest BCUT2D eigenvalue weighted by Gasteiger charge is -2.28. The van der Waals surface area contributed by atoms with Gasteiger partial charge < -0.3 is 40.6 Å². The molecule has 6 N–H and O–H groups in total. The molecule has 6 heterocycles. The number of aromatic nitrogens is 8. The second-order valence-electron chi connectivity index (χ2n) is 14.0. The molecule has 2 aromatic carbocycles. The number of benzene rings is 2. The molecule has 0 aliphatic carbocycles. The predicted molar refractivity (Wildman–Crippen MR) is 204 cm³/mol. The fraction of sp³-hybridized carbons (Fsp3) is 0.270. The summed E-state index contributed by atoms with van der Waals surface area (Å²) in [6.45, 7) is 0. The third kappa shape index (κ3) is 7.11. The highest BCUT2D eigenvalue weighted by molar-refractivity contribution is 5.82. The molecule has 62 heavy (non-hydrogen) atoms. The van der Waals surface area contributed by atoms with Gasteiger partial charge in [0.2, 0.25) is 0 Å². The average molecular weight is 855 g/mol. The number of terminal acetylenes is 2. The zero-order valence-corrected chi connectivity index (χ0v) is 31.4. The summed E-state index contributed by atoms with van der Waals surface area (Å²) in [7, 11) is 0. The van der Waals surface area contributed by atoms with E-state index in [9.17, 15) is 44.0 Å². The number of imidazole rings is 2. The van der Waals surface area contributed by atoms with Crippen molar-refractivity contribution in [1.82, 2.24) is 39.0 Å². The molecule has 0 amide bonds. The van der Waals surface area contributed by atoms with Gasteiger partial charge in [0, 0.05) is 61.1 Å². The topological polar surface area (TPSA) is 320 Å². The third-order valence-electron chi connectivity index (χ3n) is 10.4. The molecule has 25 heteroatoms. The van der Waals surface area contributed by atoms with Crippen molar-refractivity contribution in [2.45, 2.75) is 61.5 Å². The zero-order valence-electron chi connectivity index (χ0n) is 31.4. The van der Waals surface area contributed by atoms with Gasteiger partial charge in [-0.1, -0.05) is 11.8 Å². The van der Waals surface area contributed by atoms with Crippen LogP contribution < -0.4 is 20.9 Å². The number of ether oxygens (including phenoxy) is 4. The summed E-state index contributed by atoms with van der Waals surface area (Å²) in [5.74, 6) is 3.59. The Labute approximate surface area is 344 Å². The summed E-state index contributed by atoms with van der Waals surface area (Å²) in [5.41, 5.74) is 6.51. The van der Waals surface area contributed by atoms with E-state index in [1.54, 1.807) is 0 Å². The van der Waals surface area contributed by atoms with Crippen LogP contribution in [0.15, 0.2) is 49.1 Å². The number of nitrogens with zero attached hydrogens (tertiary/aromatic N) is 10.